The lowest BCUT2D eigenvalue weighted by Crippen LogP contribution is -2.43. The van der Waals surface area contributed by atoms with Crippen LogP contribution in [0.3, 0.4) is 0 Å². The summed E-state index contributed by atoms with van der Waals surface area (Å²) < 4.78 is 36.8. The second-order valence-electron chi connectivity index (χ2n) is 3.16. The van der Waals surface area contributed by atoms with Gasteiger partial charge in [-0.05, 0) is 19.4 Å². The molecule has 3 N–H and O–H groups in total. The van der Waals surface area contributed by atoms with E-state index < -0.39 is 18.1 Å². The van der Waals surface area contributed by atoms with Gasteiger partial charge < -0.3 is 11.1 Å². The Morgan fingerprint density at radius 3 is 2.58 bits per heavy atom. The highest BCUT2D eigenvalue weighted by Gasteiger charge is 2.43. The third-order valence-corrected chi connectivity index (χ3v) is 2.19. The molecule has 1 fully saturated rings. The van der Waals surface area contributed by atoms with Gasteiger partial charge in [0.25, 0.3) is 0 Å². The summed E-state index contributed by atoms with van der Waals surface area (Å²) in [5.41, 5.74) is 5.41. The zero-order valence-electron chi connectivity index (χ0n) is 6.69. The van der Waals surface area contributed by atoms with Crippen LogP contribution in [0.25, 0.3) is 0 Å². The Hall–Kier alpha value is -0.290. The molecule has 0 amide bonds. The first-order valence-corrected chi connectivity index (χ1v) is 4.05. The van der Waals surface area contributed by atoms with Crippen LogP contribution in [-0.4, -0.2) is 25.3 Å². The van der Waals surface area contributed by atoms with E-state index in [9.17, 15) is 13.2 Å². The smallest absolute Gasteiger partial charge is 0.327 e. The van der Waals surface area contributed by atoms with Gasteiger partial charge in [-0.25, -0.2) is 0 Å². The van der Waals surface area contributed by atoms with Crippen LogP contribution in [-0.2, 0) is 0 Å². The molecule has 0 aliphatic carbocycles. The van der Waals surface area contributed by atoms with Crippen LogP contribution in [0, 0.1) is 5.92 Å². The van der Waals surface area contributed by atoms with Gasteiger partial charge in [0.15, 0.2) is 0 Å². The van der Waals surface area contributed by atoms with Crippen molar-refractivity contribution in [1.82, 2.24) is 5.32 Å². The monoisotopic (exact) mass is 182 g/mol. The van der Waals surface area contributed by atoms with Crippen molar-refractivity contribution in [2.75, 3.05) is 13.1 Å². The molecule has 1 rings (SSSR count). The van der Waals surface area contributed by atoms with Gasteiger partial charge in [-0.3, -0.25) is 0 Å². The van der Waals surface area contributed by atoms with Crippen LogP contribution in [0.5, 0.6) is 0 Å². The quantitative estimate of drug-likeness (QED) is 0.583. The van der Waals surface area contributed by atoms with Crippen molar-refractivity contribution in [3.8, 4) is 0 Å². The Labute approximate surface area is 69.3 Å². The molecule has 1 aliphatic heterocycles. The molecule has 5 heteroatoms. The first-order valence-electron chi connectivity index (χ1n) is 4.05. The van der Waals surface area contributed by atoms with Crippen molar-refractivity contribution >= 4 is 0 Å². The van der Waals surface area contributed by atoms with E-state index in [0.29, 0.717) is 13.0 Å². The lowest BCUT2D eigenvalue weighted by molar-refractivity contribution is -0.177. The van der Waals surface area contributed by atoms with Gasteiger partial charge in [-0.1, -0.05) is 0 Å². The molecule has 0 aromatic rings. The van der Waals surface area contributed by atoms with Crippen molar-refractivity contribution in [2.24, 2.45) is 11.7 Å². The Bertz CT molecular complexity index is 146. The highest BCUT2D eigenvalue weighted by atomic mass is 19.4. The molecular formula is C7H13F3N2. The van der Waals surface area contributed by atoms with Gasteiger partial charge in [-0.15, -0.1) is 0 Å². The van der Waals surface area contributed by atoms with Crippen molar-refractivity contribution in [3.63, 3.8) is 0 Å². The summed E-state index contributed by atoms with van der Waals surface area (Å²) >= 11 is 0. The number of halogens is 3. The molecule has 2 unspecified atom stereocenters. The van der Waals surface area contributed by atoms with E-state index in [1.807, 2.05) is 0 Å². The maximum atomic E-state index is 12.3. The van der Waals surface area contributed by atoms with E-state index in [4.69, 9.17) is 5.73 Å². The second-order valence-corrected chi connectivity index (χ2v) is 3.16. The third-order valence-electron chi connectivity index (χ3n) is 2.19. The average molecular weight is 182 g/mol. The molecule has 2 atom stereocenters. The fourth-order valence-electron chi connectivity index (χ4n) is 1.43. The first-order chi connectivity index (χ1) is 5.52. The number of alkyl halides is 3. The predicted molar refractivity (Wildman–Crippen MR) is 39.6 cm³/mol. The molecule has 1 heterocycles. The van der Waals surface area contributed by atoms with Crippen molar-refractivity contribution in [2.45, 2.75) is 25.1 Å². The molecule has 0 saturated carbocycles. The minimum absolute atomic E-state index is 0.0370. The number of nitrogens with two attached hydrogens (primary N) is 1. The van der Waals surface area contributed by atoms with Gasteiger partial charge in [0.05, 0.1) is 5.92 Å². The molecule has 0 spiro atoms. The van der Waals surface area contributed by atoms with E-state index in [1.54, 1.807) is 0 Å². The highest BCUT2D eigenvalue weighted by molar-refractivity contribution is 4.83. The lowest BCUT2D eigenvalue weighted by atomic mass is 9.97. The standard InChI is InChI=1S/C7H13F3N2/c8-7(9,10)5-4-12-3-1-2-6(5)11/h5-6,12H,1-4,11H2. The summed E-state index contributed by atoms with van der Waals surface area (Å²) in [5.74, 6) is -1.38. The summed E-state index contributed by atoms with van der Waals surface area (Å²) in [6.45, 7) is 0.602. The van der Waals surface area contributed by atoms with E-state index in [1.165, 1.54) is 0 Å². The Kier molecular flexibility index (Phi) is 2.95. The zero-order valence-corrected chi connectivity index (χ0v) is 6.69. The molecule has 0 radical (unpaired) electrons. The lowest BCUT2D eigenvalue weighted by Gasteiger charge is -2.23. The van der Waals surface area contributed by atoms with Crippen LogP contribution in [0.15, 0.2) is 0 Å². The third kappa shape index (κ3) is 2.35. The predicted octanol–water partition coefficient (Wildman–Crippen LogP) is 0.876. The fourth-order valence-corrected chi connectivity index (χ4v) is 1.43. The van der Waals surface area contributed by atoms with E-state index in [2.05, 4.69) is 5.32 Å². The minimum Gasteiger partial charge on any atom is -0.327 e. The van der Waals surface area contributed by atoms with Crippen molar-refractivity contribution in [3.05, 3.63) is 0 Å². The summed E-state index contributed by atoms with van der Waals surface area (Å²) in [6.07, 6.45) is -2.97. The molecule has 72 valence electrons. The number of hydrogen-bond donors (Lipinski definition) is 2. The SMILES string of the molecule is NC1CCCNCC1C(F)(F)F. The minimum atomic E-state index is -4.16. The van der Waals surface area contributed by atoms with E-state index in [-0.39, 0.29) is 6.54 Å². The van der Waals surface area contributed by atoms with Gasteiger partial charge >= 0.3 is 6.18 Å². The van der Waals surface area contributed by atoms with Gasteiger partial charge in [0.2, 0.25) is 0 Å². The molecule has 2 nitrogen and oxygen atoms in total. The van der Waals surface area contributed by atoms with Crippen LogP contribution in [0.2, 0.25) is 0 Å². The van der Waals surface area contributed by atoms with Crippen LogP contribution in [0.4, 0.5) is 13.2 Å². The number of rotatable bonds is 0. The van der Waals surface area contributed by atoms with Gasteiger partial charge in [0, 0.05) is 12.6 Å². The molecule has 1 saturated heterocycles. The number of hydrogen-bond acceptors (Lipinski definition) is 2. The maximum Gasteiger partial charge on any atom is 0.394 e. The Balaban J connectivity index is 2.59. The van der Waals surface area contributed by atoms with Crippen LogP contribution < -0.4 is 11.1 Å². The van der Waals surface area contributed by atoms with E-state index >= 15 is 0 Å². The second kappa shape index (κ2) is 3.62. The Morgan fingerprint density at radius 1 is 1.33 bits per heavy atom. The normalized spacial score (nSPS) is 33.0. The van der Waals surface area contributed by atoms with Crippen molar-refractivity contribution in [1.29, 1.82) is 0 Å². The largest absolute Gasteiger partial charge is 0.394 e. The highest BCUT2D eigenvalue weighted by Crippen LogP contribution is 2.30. The van der Waals surface area contributed by atoms with Crippen LogP contribution in [0.1, 0.15) is 12.8 Å². The first kappa shape index (κ1) is 9.80. The summed E-state index contributed by atoms with van der Waals surface area (Å²) in [6, 6.07) is -0.736. The van der Waals surface area contributed by atoms with Gasteiger partial charge in [0.1, 0.15) is 0 Å². The molecule has 0 bridgehead atoms. The molecule has 0 aromatic heterocycles. The maximum absolute atomic E-state index is 12.3. The fraction of sp³-hybridized carbons (Fsp3) is 1.00. The molecule has 12 heavy (non-hydrogen) atoms. The van der Waals surface area contributed by atoms with Crippen LogP contribution >= 0.6 is 0 Å². The topological polar surface area (TPSA) is 38.0 Å². The average Bonchev–Trinajstić information content (AvgIpc) is 2.11. The van der Waals surface area contributed by atoms with Gasteiger partial charge in [-0.2, -0.15) is 13.2 Å². The van der Waals surface area contributed by atoms with E-state index in [0.717, 1.165) is 6.42 Å². The number of nitrogens with one attached hydrogen (secondary N) is 1. The van der Waals surface area contributed by atoms with Crippen molar-refractivity contribution < 1.29 is 13.2 Å². The molecule has 0 aromatic carbocycles. The Morgan fingerprint density at radius 2 is 2.00 bits per heavy atom. The summed E-state index contributed by atoms with van der Waals surface area (Å²) in [7, 11) is 0. The molecular weight excluding hydrogens is 169 g/mol. The zero-order chi connectivity index (χ0) is 9.19. The summed E-state index contributed by atoms with van der Waals surface area (Å²) in [5, 5.41) is 2.73. The molecule has 1 aliphatic rings. The summed E-state index contributed by atoms with van der Waals surface area (Å²) in [4.78, 5) is 0.